The molecule has 0 unspecified atom stereocenters. The molecule has 0 N–H and O–H groups in total. The zero-order valence-corrected chi connectivity index (χ0v) is 20.7. The number of halogens is 3. The number of carbonyl (C=O) groups is 1. The normalized spacial score (nSPS) is 11.7. The Hall–Kier alpha value is -2.19. The lowest BCUT2D eigenvalue weighted by Gasteiger charge is -2.15. The van der Waals surface area contributed by atoms with Gasteiger partial charge in [-0.15, -0.1) is 23.1 Å². The third-order valence-electron chi connectivity index (χ3n) is 5.47. The van der Waals surface area contributed by atoms with E-state index < -0.39 is 17.7 Å². The summed E-state index contributed by atoms with van der Waals surface area (Å²) < 4.78 is 40.1. The van der Waals surface area contributed by atoms with E-state index in [1.807, 2.05) is 26.0 Å². The van der Waals surface area contributed by atoms with E-state index in [0.29, 0.717) is 11.1 Å². The molecule has 2 aromatic carbocycles. The number of rotatable bonds is 9. The van der Waals surface area contributed by atoms with Crippen LogP contribution in [-0.2, 0) is 35.1 Å². The van der Waals surface area contributed by atoms with Crippen molar-refractivity contribution in [1.82, 2.24) is 0 Å². The van der Waals surface area contributed by atoms with E-state index in [1.165, 1.54) is 23.4 Å². The van der Waals surface area contributed by atoms with Gasteiger partial charge in [0.25, 0.3) is 0 Å². The van der Waals surface area contributed by atoms with Crippen molar-refractivity contribution in [2.24, 2.45) is 0 Å². The van der Waals surface area contributed by atoms with Crippen molar-refractivity contribution in [3.8, 4) is 5.75 Å². The summed E-state index contributed by atoms with van der Waals surface area (Å²) in [5.74, 6) is 0.953. The Morgan fingerprint density at radius 3 is 2.45 bits per heavy atom. The minimum absolute atomic E-state index is 0.500. The summed E-state index contributed by atoms with van der Waals surface area (Å²) in [6.07, 6.45) is -0.989. The van der Waals surface area contributed by atoms with E-state index in [-0.39, 0.29) is 0 Å². The molecule has 33 heavy (non-hydrogen) atoms. The van der Waals surface area contributed by atoms with Gasteiger partial charge in [0.15, 0.2) is 5.75 Å². The number of alkyl halides is 3. The Bertz CT molecular complexity index is 1140. The number of aryl methyl sites for hydroxylation is 2. The van der Waals surface area contributed by atoms with Gasteiger partial charge in [-0.25, -0.2) is 4.79 Å². The lowest BCUT2D eigenvalue weighted by Crippen LogP contribution is -2.06. The van der Waals surface area contributed by atoms with Gasteiger partial charge in [-0.1, -0.05) is 13.8 Å². The largest absolute Gasteiger partial charge is 0.416 e. The molecule has 178 valence electrons. The van der Waals surface area contributed by atoms with Crippen molar-refractivity contribution >= 4 is 39.2 Å². The van der Waals surface area contributed by atoms with Gasteiger partial charge in [-0.2, -0.15) is 13.2 Å². The fourth-order valence-corrected chi connectivity index (χ4v) is 6.19. The van der Waals surface area contributed by atoms with Crippen LogP contribution >= 0.6 is 23.1 Å². The highest BCUT2D eigenvalue weighted by molar-refractivity contribution is 7.99. The van der Waals surface area contributed by atoms with E-state index in [9.17, 15) is 18.0 Å². The molecule has 0 aliphatic rings. The molecular weight excluding hydrogens is 469 g/mol. The molecule has 1 aromatic heterocycles. The van der Waals surface area contributed by atoms with Crippen LogP contribution in [0.25, 0.3) is 10.1 Å². The topological polar surface area (TPSA) is 35.5 Å². The number of thiophene rings is 1. The Balaban J connectivity index is 1.67. The van der Waals surface area contributed by atoms with E-state index in [4.69, 9.17) is 9.78 Å². The first-order valence-electron chi connectivity index (χ1n) is 10.9. The van der Waals surface area contributed by atoms with E-state index >= 15 is 0 Å². The van der Waals surface area contributed by atoms with Gasteiger partial charge < -0.3 is 0 Å². The van der Waals surface area contributed by atoms with Crippen LogP contribution in [-0.4, -0.2) is 11.7 Å². The molecule has 0 bridgehead atoms. The van der Waals surface area contributed by atoms with Crippen molar-refractivity contribution in [2.45, 2.75) is 64.5 Å². The average molecular weight is 497 g/mol. The van der Waals surface area contributed by atoms with Crippen LogP contribution in [0.1, 0.15) is 54.3 Å². The quantitative estimate of drug-likeness (QED) is 0.130. The van der Waals surface area contributed by atoms with Gasteiger partial charge in [0.2, 0.25) is 0 Å². The van der Waals surface area contributed by atoms with Crippen molar-refractivity contribution in [3.63, 3.8) is 0 Å². The summed E-state index contributed by atoms with van der Waals surface area (Å²) in [5.41, 5.74) is 2.56. The molecule has 3 rings (SSSR count). The van der Waals surface area contributed by atoms with Gasteiger partial charge in [0.1, 0.15) is 0 Å². The van der Waals surface area contributed by atoms with E-state index in [0.717, 1.165) is 58.2 Å². The maximum absolute atomic E-state index is 13.1. The highest BCUT2D eigenvalue weighted by Gasteiger charge is 2.30. The maximum atomic E-state index is 13.1. The number of fused-ring (bicyclic) bond motifs is 1. The monoisotopic (exact) mass is 496 g/mol. The van der Waals surface area contributed by atoms with Gasteiger partial charge in [0, 0.05) is 27.0 Å². The molecule has 0 aliphatic carbocycles. The second-order valence-corrected chi connectivity index (χ2v) is 9.97. The molecule has 8 heteroatoms. The van der Waals surface area contributed by atoms with Gasteiger partial charge >= 0.3 is 12.1 Å². The maximum Gasteiger partial charge on any atom is 0.416 e. The van der Waals surface area contributed by atoms with Crippen molar-refractivity contribution in [2.75, 3.05) is 5.75 Å². The summed E-state index contributed by atoms with van der Waals surface area (Å²) >= 11 is 3.34. The minimum atomic E-state index is -4.33. The van der Waals surface area contributed by atoms with Gasteiger partial charge in [0.05, 0.1) is 5.56 Å². The molecule has 0 atom stereocenters. The first-order chi connectivity index (χ1) is 15.7. The molecule has 0 saturated heterocycles. The lowest BCUT2D eigenvalue weighted by atomic mass is 10.0. The van der Waals surface area contributed by atoms with E-state index in [2.05, 4.69) is 6.92 Å². The zero-order valence-electron chi connectivity index (χ0n) is 19.1. The Kier molecular flexibility index (Phi) is 8.34. The number of hydrogen-bond acceptors (Lipinski definition) is 5. The molecule has 0 spiro atoms. The molecule has 0 fully saturated rings. The SMILES string of the molecule is CCc1c(OOC(C)=O)ccc(SCCCc2sc3ccc(C(F)(F)F)cc3c2C)c1CC. The van der Waals surface area contributed by atoms with Crippen LogP contribution in [0.3, 0.4) is 0 Å². The molecule has 0 amide bonds. The Labute approximate surface area is 200 Å². The van der Waals surface area contributed by atoms with E-state index in [1.54, 1.807) is 29.2 Å². The third-order valence-corrected chi connectivity index (χ3v) is 7.99. The summed E-state index contributed by atoms with van der Waals surface area (Å²) in [4.78, 5) is 23.3. The number of hydrogen-bond donors (Lipinski definition) is 0. The number of carbonyl (C=O) groups excluding carboxylic acids is 1. The predicted octanol–water partition coefficient (Wildman–Crippen LogP) is 7.94. The predicted molar refractivity (Wildman–Crippen MR) is 128 cm³/mol. The highest BCUT2D eigenvalue weighted by Crippen LogP contribution is 2.38. The van der Waals surface area contributed by atoms with Crippen LogP contribution in [0.4, 0.5) is 13.2 Å². The fraction of sp³-hybridized carbons (Fsp3) is 0.400. The average Bonchev–Trinajstić information content (AvgIpc) is 3.09. The lowest BCUT2D eigenvalue weighted by molar-refractivity contribution is -0.211. The Morgan fingerprint density at radius 2 is 1.82 bits per heavy atom. The molecule has 3 nitrogen and oxygen atoms in total. The molecule has 0 radical (unpaired) electrons. The third kappa shape index (κ3) is 6.03. The summed E-state index contributed by atoms with van der Waals surface area (Å²) in [6.45, 7) is 7.33. The molecule has 0 saturated carbocycles. The zero-order chi connectivity index (χ0) is 24.2. The summed E-state index contributed by atoms with van der Waals surface area (Å²) in [5, 5.41) is 0.696. The minimum Gasteiger partial charge on any atom is -0.287 e. The standard InChI is InChI=1S/C25H27F3O3S2/c1-5-18-19(6-2)23(12-10-21(18)31-30-16(4)29)32-13-7-8-22-15(3)20-14-17(25(26,27)28)9-11-24(20)33-22/h9-12,14H,5-8,13H2,1-4H3. The Morgan fingerprint density at radius 1 is 1.09 bits per heavy atom. The second-order valence-electron chi connectivity index (χ2n) is 7.70. The fourth-order valence-electron chi connectivity index (χ4n) is 3.84. The van der Waals surface area contributed by atoms with Crippen LogP contribution in [0.15, 0.2) is 35.2 Å². The number of benzene rings is 2. The summed E-state index contributed by atoms with van der Waals surface area (Å²) in [7, 11) is 0. The van der Waals surface area contributed by atoms with Gasteiger partial charge in [-0.05, 0) is 85.2 Å². The molecule has 0 aliphatic heterocycles. The van der Waals surface area contributed by atoms with Crippen LogP contribution in [0.2, 0.25) is 0 Å². The van der Waals surface area contributed by atoms with Crippen LogP contribution < -0.4 is 4.89 Å². The highest BCUT2D eigenvalue weighted by atomic mass is 32.2. The smallest absolute Gasteiger partial charge is 0.287 e. The second kappa shape index (κ2) is 10.8. The molecule has 3 aromatic rings. The van der Waals surface area contributed by atoms with Crippen molar-refractivity contribution in [3.05, 3.63) is 57.5 Å². The molecular formula is C25H27F3O3S2. The van der Waals surface area contributed by atoms with Gasteiger partial charge in [-0.3, -0.25) is 9.78 Å². The number of thioether (sulfide) groups is 1. The van der Waals surface area contributed by atoms with Crippen LogP contribution in [0, 0.1) is 6.92 Å². The van der Waals surface area contributed by atoms with Crippen molar-refractivity contribution < 1.29 is 27.7 Å². The van der Waals surface area contributed by atoms with Crippen LogP contribution in [0.5, 0.6) is 5.75 Å². The first-order valence-corrected chi connectivity index (χ1v) is 12.7. The van der Waals surface area contributed by atoms with Crippen molar-refractivity contribution in [1.29, 1.82) is 0 Å². The first kappa shape index (κ1) is 25.4. The molecule has 1 heterocycles. The summed E-state index contributed by atoms with van der Waals surface area (Å²) in [6, 6.07) is 7.82.